The summed E-state index contributed by atoms with van der Waals surface area (Å²) in [6.07, 6.45) is 7.20. The van der Waals surface area contributed by atoms with Crippen LogP contribution in [-0.4, -0.2) is 17.1 Å². The van der Waals surface area contributed by atoms with E-state index in [0.717, 1.165) is 5.82 Å². The van der Waals surface area contributed by atoms with Crippen molar-refractivity contribution in [2.24, 2.45) is 0 Å². The molecule has 0 bridgehead atoms. The molecule has 0 spiro atoms. The van der Waals surface area contributed by atoms with Crippen LogP contribution in [0.2, 0.25) is 0 Å². The van der Waals surface area contributed by atoms with Gasteiger partial charge < -0.3 is 10.6 Å². The second kappa shape index (κ2) is 11.8. The summed E-state index contributed by atoms with van der Waals surface area (Å²) in [5, 5.41) is 7.06. The molecule has 0 saturated heterocycles. The van der Waals surface area contributed by atoms with Gasteiger partial charge in [-0.1, -0.05) is 31.0 Å². The normalized spacial score (nSPS) is 13.4. The van der Waals surface area contributed by atoms with E-state index in [-0.39, 0.29) is 24.8 Å². The molecule has 1 aliphatic rings. The fourth-order valence-electron chi connectivity index (χ4n) is 4.81. The second-order valence-electron chi connectivity index (χ2n) is 9.30. The first-order valence-corrected chi connectivity index (χ1v) is 11.6. The Morgan fingerprint density at radius 3 is 2.06 bits per heavy atom. The third-order valence-electron chi connectivity index (χ3n) is 6.51. The number of nitrogens with zero attached hydrogens (tertiary/aromatic N) is 1. The van der Waals surface area contributed by atoms with Crippen LogP contribution in [0, 0.1) is 20.8 Å². The molecular formula is C28H37Cl2N3. The van der Waals surface area contributed by atoms with Crippen molar-refractivity contribution in [3.63, 3.8) is 0 Å². The summed E-state index contributed by atoms with van der Waals surface area (Å²) < 4.78 is 0. The van der Waals surface area contributed by atoms with Gasteiger partial charge in [0, 0.05) is 29.5 Å². The number of halogens is 2. The summed E-state index contributed by atoms with van der Waals surface area (Å²) in [5.74, 6) is 0.994. The van der Waals surface area contributed by atoms with Gasteiger partial charge in [-0.15, -0.1) is 24.8 Å². The van der Waals surface area contributed by atoms with E-state index in [9.17, 15) is 0 Å². The minimum atomic E-state index is 0. The minimum absolute atomic E-state index is 0. The molecule has 33 heavy (non-hydrogen) atoms. The average Bonchev–Trinajstić information content (AvgIpc) is 3.25. The van der Waals surface area contributed by atoms with Gasteiger partial charge in [-0.3, -0.25) is 0 Å². The van der Waals surface area contributed by atoms with E-state index in [1.165, 1.54) is 70.3 Å². The van der Waals surface area contributed by atoms with E-state index in [1.807, 2.05) is 6.20 Å². The van der Waals surface area contributed by atoms with Gasteiger partial charge in [-0.2, -0.15) is 0 Å². The smallest absolute Gasteiger partial charge is 0.126 e. The zero-order chi connectivity index (χ0) is 22.0. The predicted molar refractivity (Wildman–Crippen MR) is 148 cm³/mol. The third kappa shape index (κ3) is 6.22. The lowest BCUT2D eigenvalue weighted by molar-refractivity contribution is 0.750. The quantitative estimate of drug-likeness (QED) is 0.368. The topological polar surface area (TPSA) is 37.0 Å². The molecule has 0 atom stereocenters. The van der Waals surface area contributed by atoms with Crippen molar-refractivity contribution in [1.29, 1.82) is 0 Å². The second-order valence-corrected chi connectivity index (χ2v) is 9.30. The Morgan fingerprint density at radius 1 is 0.848 bits per heavy atom. The standard InChI is InChI=1S/C28H35N3.2ClH/c1-18(2)30-25-13-10-22(11-14-25)28-19(3)16-26(20(4)21(28)5)23-12-15-27(29-17-23)31-24-8-6-7-9-24;;/h10-18,24,30H,6-9H2,1-5H3,(H,29,31);2*1H. The van der Waals surface area contributed by atoms with Gasteiger partial charge in [0.2, 0.25) is 0 Å². The number of rotatable bonds is 6. The Morgan fingerprint density at radius 2 is 1.48 bits per heavy atom. The molecule has 1 heterocycles. The number of nitrogens with one attached hydrogen (secondary N) is 2. The number of aryl methyl sites for hydroxylation is 1. The zero-order valence-electron chi connectivity index (χ0n) is 20.4. The highest BCUT2D eigenvalue weighted by Crippen LogP contribution is 2.36. The van der Waals surface area contributed by atoms with E-state index in [4.69, 9.17) is 4.98 Å². The lowest BCUT2D eigenvalue weighted by atomic mass is 9.87. The molecule has 3 nitrogen and oxygen atoms in total. The third-order valence-corrected chi connectivity index (χ3v) is 6.51. The van der Waals surface area contributed by atoms with Crippen LogP contribution >= 0.6 is 24.8 Å². The predicted octanol–water partition coefficient (Wildman–Crippen LogP) is 8.36. The van der Waals surface area contributed by atoms with Crippen LogP contribution in [0.1, 0.15) is 56.2 Å². The van der Waals surface area contributed by atoms with Crippen LogP contribution in [0.4, 0.5) is 11.5 Å². The van der Waals surface area contributed by atoms with Crippen LogP contribution in [-0.2, 0) is 0 Å². The van der Waals surface area contributed by atoms with E-state index >= 15 is 0 Å². The Kier molecular flexibility index (Phi) is 9.63. The van der Waals surface area contributed by atoms with Crippen molar-refractivity contribution in [2.75, 3.05) is 10.6 Å². The van der Waals surface area contributed by atoms with Crippen molar-refractivity contribution in [3.05, 3.63) is 65.4 Å². The molecule has 2 N–H and O–H groups in total. The fraction of sp³-hybridized carbons (Fsp3) is 0.393. The van der Waals surface area contributed by atoms with Gasteiger partial charge in [-0.25, -0.2) is 4.98 Å². The van der Waals surface area contributed by atoms with Crippen LogP contribution in [0.3, 0.4) is 0 Å². The fourth-order valence-corrected chi connectivity index (χ4v) is 4.81. The van der Waals surface area contributed by atoms with E-state index in [0.29, 0.717) is 12.1 Å². The molecule has 1 aromatic heterocycles. The maximum absolute atomic E-state index is 4.71. The highest BCUT2D eigenvalue weighted by molar-refractivity contribution is 5.85. The van der Waals surface area contributed by atoms with Crippen LogP contribution in [0.5, 0.6) is 0 Å². The zero-order valence-corrected chi connectivity index (χ0v) is 22.0. The Labute approximate surface area is 211 Å². The molecule has 0 amide bonds. The van der Waals surface area contributed by atoms with E-state index < -0.39 is 0 Å². The van der Waals surface area contributed by atoms with Gasteiger partial charge in [0.05, 0.1) is 0 Å². The lowest BCUT2D eigenvalue weighted by Crippen LogP contribution is -2.15. The number of hydrogen-bond donors (Lipinski definition) is 2. The first-order valence-electron chi connectivity index (χ1n) is 11.6. The average molecular weight is 487 g/mol. The molecule has 178 valence electrons. The van der Waals surface area contributed by atoms with Crippen molar-refractivity contribution >= 4 is 36.3 Å². The number of benzene rings is 2. The van der Waals surface area contributed by atoms with Gasteiger partial charge in [0.1, 0.15) is 5.82 Å². The molecule has 3 aromatic rings. The van der Waals surface area contributed by atoms with Gasteiger partial charge in [-0.05, 0) is 105 Å². The molecule has 1 fully saturated rings. The number of anilines is 2. The maximum Gasteiger partial charge on any atom is 0.126 e. The number of aromatic nitrogens is 1. The molecule has 0 radical (unpaired) electrons. The molecule has 5 heteroatoms. The van der Waals surface area contributed by atoms with Crippen molar-refractivity contribution in [3.8, 4) is 22.3 Å². The Hall–Kier alpha value is -2.23. The monoisotopic (exact) mass is 485 g/mol. The van der Waals surface area contributed by atoms with Crippen molar-refractivity contribution in [2.45, 2.75) is 72.4 Å². The van der Waals surface area contributed by atoms with Crippen LogP contribution in [0.25, 0.3) is 22.3 Å². The highest BCUT2D eigenvalue weighted by Gasteiger charge is 2.16. The molecular weight excluding hydrogens is 449 g/mol. The van der Waals surface area contributed by atoms with Gasteiger partial charge in [0.15, 0.2) is 0 Å². The summed E-state index contributed by atoms with van der Waals surface area (Å²) in [6.45, 7) is 11.0. The highest BCUT2D eigenvalue weighted by atomic mass is 35.5. The summed E-state index contributed by atoms with van der Waals surface area (Å²) >= 11 is 0. The molecule has 0 aliphatic heterocycles. The SMILES string of the molecule is Cc1cc(-c2ccc(NC3CCCC3)nc2)c(C)c(C)c1-c1ccc(NC(C)C)cc1.Cl.Cl. The molecule has 1 aliphatic carbocycles. The summed E-state index contributed by atoms with van der Waals surface area (Å²) in [4.78, 5) is 4.71. The Bertz CT molecular complexity index is 1040. The Balaban J connectivity index is 0.00000193. The maximum atomic E-state index is 4.71. The number of pyridine rings is 1. The van der Waals surface area contributed by atoms with E-state index in [2.05, 4.69) is 87.7 Å². The largest absolute Gasteiger partial charge is 0.383 e. The summed E-state index contributed by atoms with van der Waals surface area (Å²) in [5.41, 5.74) is 10.2. The molecule has 4 rings (SSSR count). The van der Waals surface area contributed by atoms with Crippen molar-refractivity contribution in [1.82, 2.24) is 4.98 Å². The van der Waals surface area contributed by atoms with E-state index in [1.54, 1.807) is 0 Å². The summed E-state index contributed by atoms with van der Waals surface area (Å²) in [7, 11) is 0. The van der Waals surface area contributed by atoms with Crippen molar-refractivity contribution < 1.29 is 0 Å². The minimum Gasteiger partial charge on any atom is -0.383 e. The first kappa shape index (κ1) is 27.0. The number of hydrogen-bond acceptors (Lipinski definition) is 3. The van der Waals surface area contributed by atoms with Gasteiger partial charge >= 0.3 is 0 Å². The summed E-state index contributed by atoms with van der Waals surface area (Å²) in [6, 6.07) is 16.5. The first-order chi connectivity index (χ1) is 14.9. The van der Waals surface area contributed by atoms with Gasteiger partial charge in [0.25, 0.3) is 0 Å². The molecule has 2 aromatic carbocycles. The van der Waals surface area contributed by atoms with Crippen LogP contribution in [0.15, 0.2) is 48.7 Å². The molecule has 0 unspecified atom stereocenters. The lowest BCUT2D eigenvalue weighted by Gasteiger charge is -2.18. The van der Waals surface area contributed by atoms with Crippen LogP contribution < -0.4 is 10.6 Å². The molecule has 1 saturated carbocycles.